The van der Waals surface area contributed by atoms with Gasteiger partial charge >= 0.3 is 0 Å². The molecule has 0 radical (unpaired) electrons. The summed E-state index contributed by atoms with van der Waals surface area (Å²) in [6, 6.07) is 11.1. The third kappa shape index (κ3) is 3.90. The lowest BCUT2D eigenvalue weighted by Crippen LogP contribution is -2.31. The number of hydrogen-bond donors (Lipinski definition) is 2. The van der Waals surface area contributed by atoms with Crippen LogP contribution in [0.4, 0.5) is 0 Å². The topological polar surface area (TPSA) is 102 Å². The minimum Gasteiger partial charge on any atom is -0.354 e. The SMILES string of the molecule is O=C(C[C@H]1NC(=O)c2ccccc21)NCCn1ncc(-c2cnccn2)c1-c1cccs1. The van der Waals surface area contributed by atoms with Gasteiger partial charge in [0.2, 0.25) is 5.91 Å². The molecule has 2 N–H and O–H groups in total. The van der Waals surface area contributed by atoms with Crippen LogP contribution in [-0.4, -0.2) is 38.1 Å². The Balaban J connectivity index is 1.26. The van der Waals surface area contributed by atoms with Crippen molar-refractivity contribution < 1.29 is 9.59 Å². The predicted octanol–water partition coefficient (Wildman–Crippen LogP) is 3.06. The van der Waals surface area contributed by atoms with Gasteiger partial charge in [0.25, 0.3) is 5.91 Å². The van der Waals surface area contributed by atoms with E-state index in [2.05, 4.69) is 25.7 Å². The number of rotatable bonds is 7. The van der Waals surface area contributed by atoms with Crippen molar-refractivity contribution in [2.75, 3.05) is 6.54 Å². The van der Waals surface area contributed by atoms with Crippen LogP contribution in [0.3, 0.4) is 0 Å². The van der Waals surface area contributed by atoms with Crippen LogP contribution in [0.1, 0.15) is 28.4 Å². The van der Waals surface area contributed by atoms with Gasteiger partial charge in [0, 0.05) is 30.1 Å². The summed E-state index contributed by atoms with van der Waals surface area (Å²) in [4.78, 5) is 34.2. The van der Waals surface area contributed by atoms with Crippen LogP contribution in [0.15, 0.2) is 66.6 Å². The Labute approximate surface area is 188 Å². The number of amides is 2. The lowest BCUT2D eigenvalue weighted by molar-refractivity contribution is -0.121. The zero-order valence-electron chi connectivity index (χ0n) is 17.1. The van der Waals surface area contributed by atoms with Crippen molar-refractivity contribution in [3.63, 3.8) is 0 Å². The van der Waals surface area contributed by atoms with Crippen molar-refractivity contribution in [2.24, 2.45) is 0 Å². The first-order valence-electron chi connectivity index (χ1n) is 10.2. The fraction of sp³-hybridized carbons (Fsp3) is 0.174. The van der Waals surface area contributed by atoms with Gasteiger partial charge in [-0.1, -0.05) is 24.3 Å². The summed E-state index contributed by atoms with van der Waals surface area (Å²) in [6.07, 6.45) is 6.99. The van der Waals surface area contributed by atoms with Crippen molar-refractivity contribution in [3.8, 4) is 21.8 Å². The first-order valence-corrected chi connectivity index (χ1v) is 11.1. The van der Waals surface area contributed by atoms with E-state index in [4.69, 9.17) is 0 Å². The monoisotopic (exact) mass is 444 g/mol. The Morgan fingerprint density at radius 1 is 1.12 bits per heavy atom. The molecule has 0 fully saturated rings. The smallest absolute Gasteiger partial charge is 0.252 e. The highest BCUT2D eigenvalue weighted by molar-refractivity contribution is 7.13. The van der Waals surface area contributed by atoms with Crippen molar-refractivity contribution in [1.29, 1.82) is 0 Å². The molecule has 32 heavy (non-hydrogen) atoms. The molecule has 3 aromatic heterocycles. The van der Waals surface area contributed by atoms with Crippen LogP contribution < -0.4 is 10.6 Å². The fourth-order valence-electron chi connectivity index (χ4n) is 3.89. The fourth-order valence-corrected chi connectivity index (χ4v) is 4.68. The molecule has 4 heterocycles. The van der Waals surface area contributed by atoms with Gasteiger partial charge in [-0.05, 0) is 23.1 Å². The van der Waals surface area contributed by atoms with Gasteiger partial charge in [-0.3, -0.25) is 24.2 Å². The summed E-state index contributed by atoms with van der Waals surface area (Å²) in [5, 5.41) is 12.4. The largest absolute Gasteiger partial charge is 0.354 e. The second-order valence-electron chi connectivity index (χ2n) is 7.37. The number of nitrogens with one attached hydrogen (secondary N) is 2. The number of carbonyl (C=O) groups is 2. The Morgan fingerprint density at radius 2 is 2.03 bits per heavy atom. The van der Waals surface area contributed by atoms with E-state index in [1.165, 1.54) is 0 Å². The molecule has 0 spiro atoms. The molecule has 8 nitrogen and oxygen atoms in total. The number of carbonyl (C=O) groups excluding carboxylic acids is 2. The van der Waals surface area contributed by atoms with Crippen molar-refractivity contribution >= 4 is 23.2 Å². The standard InChI is InChI=1S/C23H20N6O2S/c30-21(12-18-15-4-1-2-5-16(15)23(31)28-18)26-9-10-29-22(20-6-3-11-32-20)17(13-27-29)19-14-24-7-8-25-19/h1-8,11,13-14,18H,9-10,12H2,(H,26,30)(H,28,31)/t18-/m1/s1. The summed E-state index contributed by atoms with van der Waals surface area (Å²) in [5.41, 5.74) is 4.11. The molecular weight excluding hydrogens is 424 g/mol. The average molecular weight is 445 g/mol. The van der Waals surface area contributed by atoms with E-state index in [-0.39, 0.29) is 24.3 Å². The van der Waals surface area contributed by atoms with Crippen LogP contribution in [0.5, 0.6) is 0 Å². The maximum Gasteiger partial charge on any atom is 0.252 e. The van der Waals surface area contributed by atoms with E-state index in [1.807, 2.05) is 40.4 Å². The number of hydrogen-bond acceptors (Lipinski definition) is 6. The van der Waals surface area contributed by atoms with Crippen molar-refractivity contribution in [3.05, 3.63) is 77.7 Å². The van der Waals surface area contributed by atoms with E-state index in [0.29, 0.717) is 18.7 Å². The third-order valence-corrected chi connectivity index (χ3v) is 6.23. The van der Waals surface area contributed by atoms with Crippen LogP contribution in [-0.2, 0) is 11.3 Å². The minimum absolute atomic E-state index is 0.119. The van der Waals surface area contributed by atoms with Crippen LogP contribution in [0, 0.1) is 0 Å². The quantitative estimate of drug-likeness (QED) is 0.456. The predicted molar refractivity (Wildman–Crippen MR) is 121 cm³/mol. The molecule has 1 aliphatic rings. The molecule has 1 aromatic carbocycles. The molecule has 1 aliphatic heterocycles. The second kappa shape index (κ2) is 8.72. The summed E-state index contributed by atoms with van der Waals surface area (Å²) in [6.45, 7) is 0.925. The number of fused-ring (bicyclic) bond motifs is 1. The first kappa shape index (κ1) is 20.1. The molecule has 1 atom stereocenters. The van der Waals surface area contributed by atoms with Gasteiger partial charge in [-0.25, -0.2) is 0 Å². The Bertz CT molecular complexity index is 1250. The molecule has 0 bridgehead atoms. The summed E-state index contributed by atoms with van der Waals surface area (Å²) in [5.74, 6) is -0.252. The van der Waals surface area contributed by atoms with Gasteiger partial charge in [-0.2, -0.15) is 5.10 Å². The van der Waals surface area contributed by atoms with Gasteiger partial charge in [0.15, 0.2) is 0 Å². The van der Waals surface area contributed by atoms with E-state index in [1.54, 1.807) is 42.2 Å². The summed E-state index contributed by atoms with van der Waals surface area (Å²) in [7, 11) is 0. The maximum atomic E-state index is 12.5. The number of aromatic nitrogens is 4. The third-order valence-electron chi connectivity index (χ3n) is 5.35. The molecule has 4 aromatic rings. The Kier molecular flexibility index (Phi) is 5.47. The van der Waals surface area contributed by atoms with E-state index in [9.17, 15) is 9.59 Å². The van der Waals surface area contributed by atoms with E-state index < -0.39 is 0 Å². The number of nitrogens with zero attached hydrogens (tertiary/aromatic N) is 4. The lowest BCUT2D eigenvalue weighted by Gasteiger charge is -2.13. The average Bonchev–Trinajstić information content (AvgIpc) is 3.54. The zero-order chi connectivity index (χ0) is 21.9. The van der Waals surface area contributed by atoms with Gasteiger partial charge < -0.3 is 10.6 Å². The highest BCUT2D eigenvalue weighted by atomic mass is 32.1. The van der Waals surface area contributed by atoms with E-state index in [0.717, 1.165) is 27.4 Å². The maximum absolute atomic E-state index is 12.5. The van der Waals surface area contributed by atoms with Crippen LogP contribution in [0.2, 0.25) is 0 Å². The first-order chi connectivity index (χ1) is 15.7. The highest BCUT2D eigenvalue weighted by Gasteiger charge is 2.29. The van der Waals surface area contributed by atoms with Gasteiger partial charge in [-0.15, -0.1) is 11.3 Å². The Morgan fingerprint density at radius 3 is 2.84 bits per heavy atom. The molecule has 9 heteroatoms. The van der Waals surface area contributed by atoms with Gasteiger partial charge in [0.1, 0.15) is 0 Å². The number of benzene rings is 1. The van der Waals surface area contributed by atoms with E-state index >= 15 is 0 Å². The van der Waals surface area contributed by atoms with Crippen molar-refractivity contribution in [2.45, 2.75) is 19.0 Å². The lowest BCUT2D eigenvalue weighted by atomic mass is 10.0. The molecular formula is C23H20N6O2S. The highest BCUT2D eigenvalue weighted by Crippen LogP contribution is 2.33. The summed E-state index contributed by atoms with van der Waals surface area (Å²) >= 11 is 1.62. The summed E-state index contributed by atoms with van der Waals surface area (Å²) < 4.78 is 1.88. The molecule has 2 amide bonds. The molecule has 0 aliphatic carbocycles. The normalized spacial score (nSPS) is 14.8. The molecule has 0 saturated heterocycles. The Hall–Kier alpha value is -3.85. The van der Waals surface area contributed by atoms with Crippen LogP contribution >= 0.6 is 11.3 Å². The second-order valence-corrected chi connectivity index (χ2v) is 8.31. The number of thiophene rings is 1. The molecule has 5 rings (SSSR count). The van der Waals surface area contributed by atoms with Gasteiger partial charge in [0.05, 0.1) is 47.7 Å². The zero-order valence-corrected chi connectivity index (χ0v) is 17.9. The molecule has 0 unspecified atom stereocenters. The molecule has 160 valence electrons. The van der Waals surface area contributed by atoms with Crippen LogP contribution in [0.25, 0.3) is 21.8 Å². The minimum atomic E-state index is -0.298. The molecule has 0 saturated carbocycles. The van der Waals surface area contributed by atoms with Crippen molar-refractivity contribution in [1.82, 2.24) is 30.4 Å².